The Morgan fingerprint density at radius 3 is 2.18 bits per heavy atom. The molecule has 10 heteroatoms. The van der Waals surface area contributed by atoms with Crippen molar-refractivity contribution in [1.29, 1.82) is 0 Å². The summed E-state index contributed by atoms with van der Waals surface area (Å²) in [5.74, 6) is -0.585. The number of nitrogens with one attached hydrogen (secondary N) is 2. The summed E-state index contributed by atoms with van der Waals surface area (Å²) < 4.78 is 55.5. The third-order valence-corrected chi connectivity index (χ3v) is 9.95. The van der Waals surface area contributed by atoms with Crippen LogP contribution in [-0.4, -0.2) is 40.1 Å². The molecule has 2 N–H and O–H groups in total. The summed E-state index contributed by atoms with van der Waals surface area (Å²) in [5.41, 5.74) is 4.53. The van der Waals surface area contributed by atoms with E-state index in [1.54, 1.807) is 24.3 Å². The monoisotopic (exact) mass is 555 g/mol. The molecular formula is C28H33N3O5S2. The molecule has 8 nitrogen and oxygen atoms in total. The molecule has 4 rings (SSSR count). The lowest BCUT2D eigenvalue weighted by Gasteiger charge is -2.30. The second-order valence-electron chi connectivity index (χ2n) is 9.86. The third kappa shape index (κ3) is 6.80. The van der Waals surface area contributed by atoms with Crippen LogP contribution in [0.25, 0.3) is 0 Å². The molecule has 38 heavy (non-hydrogen) atoms. The van der Waals surface area contributed by atoms with Crippen LogP contribution in [0.4, 0.5) is 11.4 Å². The van der Waals surface area contributed by atoms with Gasteiger partial charge in [-0.1, -0.05) is 42.0 Å². The Balaban J connectivity index is 1.33. The molecule has 3 aromatic rings. The Hall–Kier alpha value is -3.21. The molecule has 1 amide bonds. The van der Waals surface area contributed by atoms with Crippen molar-refractivity contribution in [1.82, 2.24) is 4.31 Å². The molecule has 0 bridgehead atoms. The fraction of sp³-hybridized carbons (Fsp3) is 0.321. The average Bonchev–Trinajstić information content (AvgIpc) is 2.86. The summed E-state index contributed by atoms with van der Waals surface area (Å²) in [6.07, 6.45) is 0.843. The van der Waals surface area contributed by atoms with Crippen LogP contribution < -0.4 is 10.0 Å². The van der Waals surface area contributed by atoms with Crippen molar-refractivity contribution in [3.05, 3.63) is 89.0 Å². The van der Waals surface area contributed by atoms with E-state index in [4.69, 9.17) is 0 Å². The highest BCUT2D eigenvalue weighted by Gasteiger charge is 2.31. The maximum Gasteiger partial charge on any atom is 0.261 e. The first-order valence-corrected chi connectivity index (χ1v) is 15.6. The van der Waals surface area contributed by atoms with Crippen LogP contribution in [0.2, 0.25) is 0 Å². The maximum atomic E-state index is 12.9. The van der Waals surface area contributed by atoms with E-state index in [0.717, 1.165) is 22.3 Å². The number of carbonyl (C=O) groups excluding carboxylic acids is 1. The van der Waals surface area contributed by atoms with Gasteiger partial charge in [0.25, 0.3) is 10.0 Å². The van der Waals surface area contributed by atoms with Gasteiger partial charge in [0.05, 0.1) is 16.3 Å². The summed E-state index contributed by atoms with van der Waals surface area (Å²) in [6, 6.07) is 19.0. The minimum Gasteiger partial charge on any atom is -0.326 e. The van der Waals surface area contributed by atoms with Crippen LogP contribution >= 0.6 is 0 Å². The number of benzene rings is 3. The fourth-order valence-corrected chi connectivity index (χ4v) is 7.18. The highest BCUT2D eigenvalue weighted by molar-refractivity contribution is 7.92. The topological polar surface area (TPSA) is 113 Å². The van der Waals surface area contributed by atoms with Gasteiger partial charge in [0, 0.05) is 24.7 Å². The van der Waals surface area contributed by atoms with Gasteiger partial charge in [-0.15, -0.1) is 0 Å². The highest BCUT2D eigenvalue weighted by atomic mass is 32.2. The molecule has 3 aromatic carbocycles. The molecule has 0 aliphatic carbocycles. The number of anilines is 2. The van der Waals surface area contributed by atoms with Gasteiger partial charge in [-0.2, -0.15) is 0 Å². The summed E-state index contributed by atoms with van der Waals surface area (Å²) in [4.78, 5) is 12.9. The zero-order valence-corrected chi connectivity index (χ0v) is 23.4. The summed E-state index contributed by atoms with van der Waals surface area (Å²) in [5, 5.41) is 2.83. The largest absolute Gasteiger partial charge is 0.326 e. The molecule has 0 spiro atoms. The van der Waals surface area contributed by atoms with Gasteiger partial charge >= 0.3 is 0 Å². The second-order valence-corrected chi connectivity index (χ2v) is 13.5. The summed E-state index contributed by atoms with van der Waals surface area (Å²) >= 11 is 0. The quantitative estimate of drug-likeness (QED) is 0.422. The van der Waals surface area contributed by atoms with E-state index in [1.807, 2.05) is 51.1 Å². The van der Waals surface area contributed by atoms with E-state index in [9.17, 15) is 21.6 Å². The van der Waals surface area contributed by atoms with Gasteiger partial charge < -0.3 is 5.32 Å². The Bertz CT molecular complexity index is 1530. The van der Waals surface area contributed by atoms with Crippen molar-refractivity contribution in [3.8, 4) is 0 Å². The van der Waals surface area contributed by atoms with Crippen LogP contribution in [0.1, 0.15) is 35.1 Å². The molecule has 0 aromatic heterocycles. The van der Waals surface area contributed by atoms with Gasteiger partial charge in [-0.3, -0.25) is 9.52 Å². The van der Waals surface area contributed by atoms with Crippen molar-refractivity contribution in [2.75, 3.05) is 23.1 Å². The SMILES string of the molecule is Cc1cccc(CS(=O)(=O)N2CCC(C(=O)Nc3ccc(S(=O)(=O)Nc4cc(C)ccc4C)cc3)CC2)c1. The average molecular weight is 556 g/mol. The zero-order valence-electron chi connectivity index (χ0n) is 21.8. The Morgan fingerprint density at radius 2 is 1.53 bits per heavy atom. The Kier molecular flexibility index (Phi) is 8.25. The summed E-state index contributed by atoms with van der Waals surface area (Å²) in [6.45, 7) is 6.22. The predicted molar refractivity (Wildman–Crippen MR) is 150 cm³/mol. The number of sulfonamides is 2. The number of piperidine rings is 1. The normalized spacial score (nSPS) is 15.2. The molecule has 0 atom stereocenters. The number of rotatable bonds is 8. The van der Waals surface area contributed by atoms with E-state index >= 15 is 0 Å². The van der Waals surface area contributed by atoms with Gasteiger partial charge in [0.15, 0.2) is 0 Å². The first-order valence-electron chi connectivity index (χ1n) is 12.5. The number of hydrogen-bond acceptors (Lipinski definition) is 5. The van der Waals surface area contributed by atoms with Crippen molar-refractivity contribution < 1.29 is 21.6 Å². The molecule has 0 unspecified atom stereocenters. The van der Waals surface area contributed by atoms with Gasteiger partial charge in [0.1, 0.15) is 0 Å². The van der Waals surface area contributed by atoms with E-state index in [2.05, 4.69) is 10.0 Å². The van der Waals surface area contributed by atoms with Crippen molar-refractivity contribution in [3.63, 3.8) is 0 Å². The molecule has 202 valence electrons. The molecule has 0 radical (unpaired) electrons. The van der Waals surface area contributed by atoms with Crippen LogP contribution in [0.3, 0.4) is 0 Å². The third-order valence-electron chi connectivity index (χ3n) is 6.72. The van der Waals surface area contributed by atoms with Gasteiger partial charge in [-0.05, 0) is 80.6 Å². The smallest absolute Gasteiger partial charge is 0.261 e. The minimum atomic E-state index is -3.79. The van der Waals surface area contributed by atoms with Crippen molar-refractivity contribution >= 4 is 37.3 Å². The van der Waals surface area contributed by atoms with E-state index in [-0.39, 0.29) is 35.6 Å². The van der Waals surface area contributed by atoms with Crippen LogP contribution in [-0.2, 0) is 30.6 Å². The lowest BCUT2D eigenvalue weighted by atomic mass is 9.97. The lowest BCUT2D eigenvalue weighted by molar-refractivity contribution is -0.120. The summed E-state index contributed by atoms with van der Waals surface area (Å²) in [7, 11) is -7.26. The van der Waals surface area contributed by atoms with Gasteiger partial charge in [0.2, 0.25) is 15.9 Å². The number of nitrogens with zero attached hydrogens (tertiary/aromatic N) is 1. The first kappa shape index (κ1) is 27.8. The molecule has 1 heterocycles. The lowest BCUT2D eigenvalue weighted by Crippen LogP contribution is -2.41. The van der Waals surface area contributed by atoms with Crippen LogP contribution in [0.5, 0.6) is 0 Å². The molecule has 1 fully saturated rings. The van der Waals surface area contributed by atoms with E-state index in [1.165, 1.54) is 16.4 Å². The van der Waals surface area contributed by atoms with Crippen LogP contribution in [0, 0.1) is 26.7 Å². The van der Waals surface area contributed by atoms with Crippen LogP contribution in [0.15, 0.2) is 71.6 Å². The second kappa shape index (κ2) is 11.3. The van der Waals surface area contributed by atoms with Crippen molar-refractivity contribution in [2.45, 2.75) is 44.3 Å². The zero-order chi connectivity index (χ0) is 27.5. The number of aryl methyl sites for hydroxylation is 3. The number of hydrogen-bond donors (Lipinski definition) is 2. The molecular weight excluding hydrogens is 522 g/mol. The minimum absolute atomic E-state index is 0.0564. The Labute approximate surface area is 225 Å². The first-order chi connectivity index (χ1) is 17.9. The van der Waals surface area contributed by atoms with E-state index < -0.39 is 20.0 Å². The number of carbonyl (C=O) groups is 1. The molecule has 1 aliphatic heterocycles. The maximum absolute atomic E-state index is 12.9. The Morgan fingerprint density at radius 1 is 0.868 bits per heavy atom. The molecule has 1 aliphatic rings. The molecule has 0 saturated carbocycles. The molecule has 1 saturated heterocycles. The highest BCUT2D eigenvalue weighted by Crippen LogP contribution is 2.25. The fourth-order valence-electron chi connectivity index (χ4n) is 4.51. The number of amides is 1. The predicted octanol–water partition coefficient (Wildman–Crippen LogP) is 4.59. The standard InChI is InChI=1S/C28H33N3O5S2/c1-20-5-4-6-23(17-20)19-37(33,34)31-15-13-24(14-16-31)28(32)29-25-9-11-26(12-10-25)38(35,36)30-27-18-21(2)7-8-22(27)3/h4-12,17-18,24,30H,13-16,19H2,1-3H3,(H,29,32). The van der Waals surface area contributed by atoms with Crippen molar-refractivity contribution in [2.24, 2.45) is 5.92 Å². The van der Waals surface area contributed by atoms with E-state index in [0.29, 0.717) is 24.2 Å². The van der Waals surface area contributed by atoms with Gasteiger partial charge in [-0.25, -0.2) is 21.1 Å².